The Hall–Kier alpha value is -1.18. The van der Waals surface area contributed by atoms with Gasteiger partial charge in [0.25, 0.3) is 0 Å². The highest BCUT2D eigenvalue weighted by atomic mass is 19.1. The van der Waals surface area contributed by atoms with Gasteiger partial charge in [-0.25, -0.2) is 8.78 Å². The summed E-state index contributed by atoms with van der Waals surface area (Å²) in [4.78, 5) is 0. The second-order valence-electron chi connectivity index (χ2n) is 9.61. The fourth-order valence-electron chi connectivity index (χ4n) is 5.82. The summed E-state index contributed by atoms with van der Waals surface area (Å²) in [6, 6.07) is 5.03. The van der Waals surface area contributed by atoms with Crippen LogP contribution >= 0.6 is 0 Å². The smallest absolute Gasteiger partial charge is 0.127 e. The van der Waals surface area contributed by atoms with E-state index >= 15 is 0 Å². The van der Waals surface area contributed by atoms with E-state index in [9.17, 15) is 8.78 Å². The minimum Gasteiger partial charge on any atom is -0.207 e. The van der Waals surface area contributed by atoms with Crippen molar-refractivity contribution < 1.29 is 8.78 Å². The molecule has 2 aliphatic carbocycles. The van der Waals surface area contributed by atoms with Crippen LogP contribution in [0.3, 0.4) is 0 Å². The molecule has 0 N–H and O–H groups in total. The number of unbranched alkanes of at least 4 members (excludes halogenated alkanes) is 2. The number of benzene rings is 1. The van der Waals surface area contributed by atoms with Crippen LogP contribution in [0, 0.1) is 23.6 Å². The molecule has 0 heterocycles. The molecule has 1 aromatic carbocycles. The number of allylic oxidation sites excluding steroid dienone is 1. The summed E-state index contributed by atoms with van der Waals surface area (Å²) in [6.07, 6.45) is 17.4. The standard InChI is InChI=1S/C27H40F2/c1-3-5-6-8-26(28)24-17-18-25(27(29)19-24)23-15-13-22(14-16-23)21-11-9-20(7-4-2)10-12-21/h8,17-23H,3-7,9-16H2,1-2H3/b26-8+. The first-order valence-corrected chi connectivity index (χ1v) is 12.3. The molecule has 2 heteroatoms. The van der Waals surface area contributed by atoms with Crippen molar-refractivity contribution >= 4 is 5.83 Å². The monoisotopic (exact) mass is 402 g/mol. The number of rotatable bonds is 8. The van der Waals surface area contributed by atoms with E-state index in [0.717, 1.165) is 55.4 Å². The van der Waals surface area contributed by atoms with E-state index in [0.29, 0.717) is 11.5 Å². The maximum Gasteiger partial charge on any atom is 0.127 e. The van der Waals surface area contributed by atoms with Crippen LogP contribution in [0.1, 0.15) is 114 Å². The van der Waals surface area contributed by atoms with E-state index in [1.54, 1.807) is 12.1 Å². The summed E-state index contributed by atoms with van der Waals surface area (Å²) in [5.74, 6) is 2.52. The number of hydrogen-bond acceptors (Lipinski definition) is 0. The van der Waals surface area contributed by atoms with E-state index in [1.165, 1.54) is 57.4 Å². The molecule has 2 aliphatic rings. The molecule has 162 valence electrons. The lowest BCUT2D eigenvalue weighted by Gasteiger charge is -2.38. The third-order valence-electron chi connectivity index (χ3n) is 7.62. The van der Waals surface area contributed by atoms with Crippen LogP contribution in [-0.2, 0) is 0 Å². The quantitative estimate of drug-likeness (QED) is 0.380. The Morgan fingerprint density at radius 1 is 0.931 bits per heavy atom. The van der Waals surface area contributed by atoms with Crippen molar-refractivity contribution in [2.75, 3.05) is 0 Å². The maximum absolute atomic E-state index is 14.8. The molecule has 0 aliphatic heterocycles. The van der Waals surface area contributed by atoms with E-state index in [1.807, 2.05) is 6.07 Å². The van der Waals surface area contributed by atoms with Gasteiger partial charge < -0.3 is 0 Å². The van der Waals surface area contributed by atoms with Crippen LogP contribution in [-0.4, -0.2) is 0 Å². The Bertz CT molecular complexity index is 647. The molecule has 0 atom stereocenters. The molecule has 0 bridgehead atoms. The van der Waals surface area contributed by atoms with Crippen molar-refractivity contribution in [2.24, 2.45) is 17.8 Å². The summed E-state index contributed by atoms with van der Waals surface area (Å²) in [7, 11) is 0. The van der Waals surface area contributed by atoms with E-state index in [2.05, 4.69) is 13.8 Å². The second kappa shape index (κ2) is 11.3. The SMILES string of the molecule is CCCC/C=C(/F)c1ccc(C2CCC(C3CCC(CCC)CC3)CC2)c(F)c1. The van der Waals surface area contributed by atoms with Crippen molar-refractivity contribution in [2.45, 2.75) is 103 Å². The highest BCUT2D eigenvalue weighted by Gasteiger charge is 2.31. The topological polar surface area (TPSA) is 0 Å². The van der Waals surface area contributed by atoms with Gasteiger partial charge in [-0.05, 0) is 92.7 Å². The van der Waals surface area contributed by atoms with Crippen LogP contribution in [0.5, 0.6) is 0 Å². The molecule has 29 heavy (non-hydrogen) atoms. The molecule has 0 amide bonds. The zero-order valence-electron chi connectivity index (χ0n) is 18.6. The molecule has 0 spiro atoms. The van der Waals surface area contributed by atoms with Gasteiger partial charge in [-0.3, -0.25) is 0 Å². The van der Waals surface area contributed by atoms with E-state index in [-0.39, 0.29) is 11.6 Å². The first-order valence-electron chi connectivity index (χ1n) is 12.3. The fraction of sp³-hybridized carbons (Fsp3) is 0.704. The Morgan fingerprint density at radius 2 is 1.59 bits per heavy atom. The van der Waals surface area contributed by atoms with Gasteiger partial charge >= 0.3 is 0 Å². The molecule has 0 radical (unpaired) electrons. The van der Waals surface area contributed by atoms with Gasteiger partial charge in [0.05, 0.1) is 0 Å². The fourth-order valence-corrected chi connectivity index (χ4v) is 5.82. The molecular weight excluding hydrogens is 362 g/mol. The third kappa shape index (κ3) is 6.15. The number of halogens is 2. The second-order valence-corrected chi connectivity index (χ2v) is 9.61. The Morgan fingerprint density at radius 3 is 2.17 bits per heavy atom. The Labute approximate surface area is 177 Å². The van der Waals surface area contributed by atoms with Gasteiger partial charge in [-0.2, -0.15) is 0 Å². The van der Waals surface area contributed by atoms with E-state index in [4.69, 9.17) is 0 Å². The summed E-state index contributed by atoms with van der Waals surface area (Å²) in [6.45, 7) is 4.39. The molecule has 2 saturated carbocycles. The van der Waals surface area contributed by atoms with E-state index < -0.39 is 0 Å². The van der Waals surface area contributed by atoms with Gasteiger partial charge in [-0.1, -0.05) is 58.1 Å². The third-order valence-corrected chi connectivity index (χ3v) is 7.62. The zero-order chi connectivity index (χ0) is 20.6. The van der Waals surface area contributed by atoms with Crippen molar-refractivity contribution in [3.63, 3.8) is 0 Å². The lowest BCUT2D eigenvalue weighted by atomic mass is 9.68. The van der Waals surface area contributed by atoms with Gasteiger partial charge in [-0.15, -0.1) is 0 Å². The van der Waals surface area contributed by atoms with Crippen LogP contribution in [0.4, 0.5) is 8.78 Å². The van der Waals surface area contributed by atoms with Crippen LogP contribution in [0.25, 0.3) is 5.83 Å². The first-order chi connectivity index (χ1) is 14.1. The predicted molar refractivity (Wildman–Crippen MR) is 120 cm³/mol. The highest BCUT2D eigenvalue weighted by molar-refractivity contribution is 5.59. The lowest BCUT2D eigenvalue weighted by molar-refractivity contribution is 0.156. The van der Waals surface area contributed by atoms with Gasteiger partial charge in [0.2, 0.25) is 0 Å². The first kappa shape index (κ1) is 22.5. The molecule has 1 aromatic rings. The average Bonchev–Trinajstić information content (AvgIpc) is 2.75. The summed E-state index contributed by atoms with van der Waals surface area (Å²) in [5, 5.41) is 0. The highest BCUT2D eigenvalue weighted by Crippen LogP contribution is 2.45. The molecule has 3 rings (SSSR count). The van der Waals surface area contributed by atoms with Crippen LogP contribution in [0.15, 0.2) is 24.3 Å². The van der Waals surface area contributed by atoms with Crippen LogP contribution < -0.4 is 0 Å². The van der Waals surface area contributed by atoms with Crippen LogP contribution in [0.2, 0.25) is 0 Å². The number of hydrogen-bond donors (Lipinski definition) is 0. The minimum absolute atomic E-state index is 0.218. The molecule has 2 fully saturated rings. The van der Waals surface area contributed by atoms with Gasteiger partial charge in [0.15, 0.2) is 0 Å². The molecular formula is C27H40F2. The molecule has 0 nitrogen and oxygen atoms in total. The summed E-state index contributed by atoms with van der Waals surface area (Å²) in [5.41, 5.74) is 1.19. The molecule has 0 unspecified atom stereocenters. The molecule has 0 aromatic heterocycles. The normalized spacial score (nSPS) is 28.5. The Balaban J connectivity index is 1.52. The lowest BCUT2D eigenvalue weighted by Crippen LogP contribution is -2.25. The summed E-state index contributed by atoms with van der Waals surface area (Å²) >= 11 is 0. The summed E-state index contributed by atoms with van der Waals surface area (Å²) < 4.78 is 29.0. The largest absolute Gasteiger partial charge is 0.207 e. The van der Waals surface area contributed by atoms with Crippen molar-refractivity contribution in [3.05, 3.63) is 41.2 Å². The molecule has 0 saturated heterocycles. The predicted octanol–water partition coefficient (Wildman–Crippen LogP) is 9.21. The van der Waals surface area contributed by atoms with Crippen molar-refractivity contribution in [3.8, 4) is 0 Å². The zero-order valence-corrected chi connectivity index (χ0v) is 18.6. The Kier molecular flexibility index (Phi) is 8.75. The maximum atomic E-state index is 14.8. The average molecular weight is 403 g/mol. The van der Waals surface area contributed by atoms with Crippen molar-refractivity contribution in [1.29, 1.82) is 0 Å². The van der Waals surface area contributed by atoms with Gasteiger partial charge in [0, 0.05) is 5.56 Å². The van der Waals surface area contributed by atoms with Crippen molar-refractivity contribution in [1.82, 2.24) is 0 Å². The minimum atomic E-state index is -0.286. The van der Waals surface area contributed by atoms with Gasteiger partial charge in [0.1, 0.15) is 11.6 Å².